The second-order valence-electron chi connectivity index (χ2n) is 3.83. The van der Waals surface area contributed by atoms with Crippen LogP contribution < -0.4 is 5.32 Å². The molecule has 84 valence electrons. The molecule has 0 spiro atoms. The smallest absolute Gasteiger partial charge is 0.255 e. The summed E-state index contributed by atoms with van der Waals surface area (Å²) < 4.78 is 25.5. The van der Waals surface area contributed by atoms with Gasteiger partial charge < -0.3 is 5.32 Å². The van der Waals surface area contributed by atoms with Crippen LogP contribution in [0.3, 0.4) is 0 Å². The van der Waals surface area contributed by atoms with Crippen molar-refractivity contribution in [3.63, 3.8) is 0 Å². The van der Waals surface area contributed by atoms with Crippen molar-refractivity contribution in [3.8, 4) is 0 Å². The number of hydrogen-bond acceptors (Lipinski definition) is 1. The lowest BCUT2D eigenvalue weighted by atomic mass is 10.1. The van der Waals surface area contributed by atoms with Crippen LogP contribution in [-0.4, -0.2) is 11.8 Å². The van der Waals surface area contributed by atoms with Gasteiger partial charge in [-0.25, -0.2) is 8.78 Å². The van der Waals surface area contributed by atoms with Gasteiger partial charge in [-0.2, -0.15) is 0 Å². The molecule has 16 heavy (non-hydrogen) atoms. The average Bonchev–Trinajstić information content (AvgIpc) is 2.89. The van der Waals surface area contributed by atoms with Gasteiger partial charge in [0.1, 0.15) is 0 Å². The molecule has 1 aromatic carbocycles. The normalized spacial score (nSPS) is 21.2. The average molecular weight is 223 g/mol. The summed E-state index contributed by atoms with van der Waals surface area (Å²) >= 11 is 0. The molecule has 0 saturated heterocycles. The lowest BCUT2D eigenvalue weighted by molar-refractivity contribution is -0.111. The minimum atomic E-state index is -2.55. The zero-order valence-corrected chi connectivity index (χ0v) is 8.54. The van der Waals surface area contributed by atoms with Crippen LogP contribution in [0.5, 0.6) is 0 Å². The Hall–Kier alpha value is -1.71. The van der Waals surface area contributed by atoms with Crippen molar-refractivity contribution < 1.29 is 13.6 Å². The third-order valence-electron chi connectivity index (χ3n) is 2.59. The van der Waals surface area contributed by atoms with Gasteiger partial charge in [-0.1, -0.05) is 18.7 Å². The highest BCUT2D eigenvalue weighted by Crippen LogP contribution is 2.55. The molecule has 2 rings (SSSR count). The van der Waals surface area contributed by atoms with Crippen LogP contribution >= 0.6 is 0 Å². The lowest BCUT2D eigenvalue weighted by Crippen LogP contribution is -2.07. The molecule has 0 bridgehead atoms. The van der Waals surface area contributed by atoms with E-state index in [9.17, 15) is 13.6 Å². The first-order chi connectivity index (χ1) is 7.53. The summed E-state index contributed by atoms with van der Waals surface area (Å²) in [5.41, 5.74) is 1.19. The highest BCUT2D eigenvalue weighted by molar-refractivity contribution is 5.98. The molecule has 4 heteroatoms. The van der Waals surface area contributed by atoms with Crippen LogP contribution in [0.4, 0.5) is 14.5 Å². The summed E-state index contributed by atoms with van der Waals surface area (Å²) in [5, 5.41) is 2.55. The van der Waals surface area contributed by atoms with Gasteiger partial charge in [0.2, 0.25) is 5.91 Å². The molecule has 1 atom stereocenters. The van der Waals surface area contributed by atoms with E-state index in [2.05, 4.69) is 11.9 Å². The van der Waals surface area contributed by atoms with E-state index in [-0.39, 0.29) is 12.3 Å². The first kappa shape index (κ1) is 10.8. The van der Waals surface area contributed by atoms with Crippen molar-refractivity contribution in [2.45, 2.75) is 18.3 Å². The molecule has 0 radical (unpaired) electrons. The summed E-state index contributed by atoms with van der Waals surface area (Å²) in [5.74, 6) is -3.52. The number of alkyl halides is 2. The van der Waals surface area contributed by atoms with Crippen molar-refractivity contribution in [2.24, 2.45) is 0 Å². The Morgan fingerprint density at radius 3 is 2.44 bits per heavy atom. The fourth-order valence-electron chi connectivity index (χ4n) is 1.57. The minimum absolute atomic E-state index is 0.0780. The zero-order valence-electron chi connectivity index (χ0n) is 8.54. The third-order valence-corrected chi connectivity index (χ3v) is 2.59. The van der Waals surface area contributed by atoms with E-state index in [4.69, 9.17) is 0 Å². The fraction of sp³-hybridized carbons (Fsp3) is 0.250. The van der Waals surface area contributed by atoms with Crippen molar-refractivity contribution in [1.82, 2.24) is 0 Å². The van der Waals surface area contributed by atoms with Gasteiger partial charge in [-0.3, -0.25) is 4.79 Å². The summed E-state index contributed by atoms with van der Waals surface area (Å²) in [6, 6.07) is 6.46. The molecule has 0 aromatic heterocycles. The number of amides is 1. The van der Waals surface area contributed by atoms with Crippen LogP contribution in [0.1, 0.15) is 17.9 Å². The summed E-state index contributed by atoms with van der Waals surface area (Å²) in [6.45, 7) is 3.32. The van der Waals surface area contributed by atoms with E-state index in [0.717, 1.165) is 6.08 Å². The Morgan fingerprint density at radius 1 is 1.44 bits per heavy atom. The fourth-order valence-corrected chi connectivity index (χ4v) is 1.57. The number of nitrogens with one attached hydrogen (secondary N) is 1. The SMILES string of the molecule is C=CC(=O)Nc1ccc(C2CC2(F)F)cc1. The lowest BCUT2D eigenvalue weighted by Gasteiger charge is -2.03. The number of hydrogen-bond donors (Lipinski definition) is 1. The first-order valence-corrected chi connectivity index (χ1v) is 4.94. The van der Waals surface area contributed by atoms with Crippen LogP contribution in [0.15, 0.2) is 36.9 Å². The topological polar surface area (TPSA) is 29.1 Å². The van der Waals surface area contributed by atoms with E-state index in [1.54, 1.807) is 24.3 Å². The van der Waals surface area contributed by atoms with Crippen LogP contribution in [-0.2, 0) is 4.79 Å². The van der Waals surface area contributed by atoms with Crippen LogP contribution in [0, 0.1) is 0 Å². The molecule has 1 aliphatic rings. The van der Waals surface area contributed by atoms with E-state index in [1.807, 2.05) is 0 Å². The van der Waals surface area contributed by atoms with Crippen LogP contribution in [0.25, 0.3) is 0 Å². The Bertz CT molecular complexity index is 425. The van der Waals surface area contributed by atoms with Gasteiger partial charge in [0.25, 0.3) is 5.92 Å². The largest absolute Gasteiger partial charge is 0.323 e. The second kappa shape index (κ2) is 3.70. The minimum Gasteiger partial charge on any atom is -0.323 e. The molecule has 1 fully saturated rings. The predicted octanol–water partition coefficient (Wildman–Crippen LogP) is 2.93. The van der Waals surface area contributed by atoms with Gasteiger partial charge in [0.15, 0.2) is 0 Å². The second-order valence-corrected chi connectivity index (χ2v) is 3.83. The molecule has 1 saturated carbocycles. The number of benzene rings is 1. The zero-order chi connectivity index (χ0) is 11.8. The van der Waals surface area contributed by atoms with Gasteiger partial charge in [-0.05, 0) is 23.8 Å². The molecule has 1 N–H and O–H groups in total. The predicted molar refractivity (Wildman–Crippen MR) is 57.6 cm³/mol. The molecule has 2 nitrogen and oxygen atoms in total. The van der Waals surface area contributed by atoms with Crippen molar-refractivity contribution >= 4 is 11.6 Å². The Morgan fingerprint density at radius 2 is 2.00 bits per heavy atom. The Labute approximate surface area is 92.0 Å². The van der Waals surface area contributed by atoms with Gasteiger partial charge in [-0.15, -0.1) is 0 Å². The number of carbonyl (C=O) groups is 1. The third kappa shape index (κ3) is 2.10. The molecule has 1 amide bonds. The van der Waals surface area contributed by atoms with Gasteiger partial charge in [0.05, 0.1) is 5.92 Å². The first-order valence-electron chi connectivity index (χ1n) is 4.94. The molecule has 1 unspecified atom stereocenters. The van der Waals surface area contributed by atoms with Crippen molar-refractivity contribution in [3.05, 3.63) is 42.5 Å². The highest BCUT2D eigenvalue weighted by atomic mass is 19.3. The van der Waals surface area contributed by atoms with E-state index in [1.165, 1.54) is 0 Å². The molecule has 1 aliphatic carbocycles. The van der Waals surface area contributed by atoms with Crippen molar-refractivity contribution in [1.29, 1.82) is 0 Å². The summed E-state index contributed by atoms with van der Waals surface area (Å²) in [6.07, 6.45) is 1.08. The van der Waals surface area contributed by atoms with E-state index < -0.39 is 11.8 Å². The summed E-state index contributed by atoms with van der Waals surface area (Å²) in [4.78, 5) is 11.0. The maximum absolute atomic E-state index is 12.8. The quantitative estimate of drug-likeness (QED) is 0.784. The maximum Gasteiger partial charge on any atom is 0.255 e. The highest BCUT2D eigenvalue weighted by Gasteiger charge is 2.57. The van der Waals surface area contributed by atoms with E-state index >= 15 is 0 Å². The molecular weight excluding hydrogens is 212 g/mol. The Balaban J connectivity index is 2.06. The summed E-state index contributed by atoms with van der Waals surface area (Å²) in [7, 11) is 0. The number of rotatable bonds is 3. The Kier molecular flexibility index (Phi) is 2.50. The molecule has 0 aliphatic heterocycles. The number of anilines is 1. The molecule has 1 aromatic rings. The van der Waals surface area contributed by atoms with Crippen LogP contribution in [0.2, 0.25) is 0 Å². The number of halogens is 2. The van der Waals surface area contributed by atoms with Gasteiger partial charge in [0, 0.05) is 12.1 Å². The standard InChI is InChI=1S/C12H11F2NO/c1-2-11(16)15-9-5-3-8(4-6-9)10-7-12(10,13)14/h2-6,10H,1,7H2,(H,15,16). The molecular formula is C12H11F2NO. The maximum atomic E-state index is 12.8. The number of carbonyl (C=O) groups excluding carboxylic acids is 1. The van der Waals surface area contributed by atoms with E-state index in [0.29, 0.717) is 11.3 Å². The van der Waals surface area contributed by atoms with Gasteiger partial charge >= 0.3 is 0 Å². The molecule has 0 heterocycles. The monoisotopic (exact) mass is 223 g/mol. The van der Waals surface area contributed by atoms with Crippen molar-refractivity contribution in [2.75, 3.05) is 5.32 Å².